The van der Waals surface area contributed by atoms with Crippen LogP contribution in [0.3, 0.4) is 0 Å². The standard InChI is InChI=1S/C34H43Br2N5O4/c1-38-14-8-24(9-15-38)25-10-16-39(17-11-25)32(42)31(21-23-6-7-28(35)29(36)20-23)45-34(44)40-18-12-27(13-19-40)41-22-26-4-2-3-5-30(26)37-33(41)43/h2-7,20,24-25,27,31H,8-19,21-22H2,1H3,(H,37,43)/t31-/m1/s1. The molecule has 9 nitrogen and oxygen atoms in total. The molecule has 0 spiro atoms. The maximum Gasteiger partial charge on any atom is 0.410 e. The van der Waals surface area contributed by atoms with Crippen LogP contribution in [0.2, 0.25) is 0 Å². The van der Waals surface area contributed by atoms with E-state index in [-0.39, 0.29) is 18.0 Å². The van der Waals surface area contributed by atoms with Crippen LogP contribution in [0.5, 0.6) is 0 Å². The Morgan fingerprint density at radius 3 is 2.20 bits per heavy atom. The van der Waals surface area contributed by atoms with E-state index in [0.29, 0.717) is 57.9 Å². The van der Waals surface area contributed by atoms with E-state index in [1.807, 2.05) is 52.3 Å². The summed E-state index contributed by atoms with van der Waals surface area (Å²) in [7, 11) is 2.19. The second-order valence-corrected chi connectivity index (χ2v) is 14.8. The Balaban J connectivity index is 1.07. The highest BCUT2D eigenvalue weighted by Crippen LogP contribution is 2.33. The number of para-hydroxylation sites is 1. The van der Waals surface area contributed by atoms with E-state index in [0.717, 1.165) is 57.6 Å². The average Bonchev–Trinajstić information content (AvgIpc) is 3.06. The number of rotatable bonds is 6. The normalized spacial score (nSPS) is 21.3. The maximum absolute atomic E-state index is 13.9. The molecule has 0 aliphatic carbocycles. The van der Waals surface area contributed by atoms with Crippen LogP contribution in [0.1, 0.15) is 49.7 Å². The van der Waals surface area contributed by atoms with Crippen LogP contribution in [-0.2, 0) is 22.5 Å². The highest BCUT2D eigenvalue weighted by atomic mass is 79.9. The average molecular weight is 746 g/mol. The van der Waals surface area contributed by atoms with Crippen LogP contribution >= 0.6 is 31.9 Å². The number of halogens is 2. The third-order valence-electron chi connectivity index (χ3n) is 10.2. The van der Waals surface area contributed by atoms with Crippen LogP contribution in [0.15, 0.2) is 51.4 Å². The third-order valence-corrected chi connectivity index (χ3v) is 12.1. The summed E-state index contributed by atoms with van der Waals surface area (Å²) in [5.74, 6) is 1.28. The molecule has 1 atom stereocenters. The summed E-state index contributed by atoms with van der Waals surface area (Å²) in [6, 6.07) is 13.7. The smallest absolute Gasteiger partial charge is 0.410 e. The molecule has 2 aromatic rings. The number of carbonyl (C=O) groups is 3. The first kappa shape index (κ1) is 32.3. The lowest BCUT2D eigenvalue weighted by atomic mass is 9.79. The number of urea groups is 1. The largest absolute Gasteiger partial charge is 0.436 e. The second-order valence-electron chi connectivity index (χ2n) is 13.1. The van der Waals surface area contributed by atoms with Gasteiger partial charge in [0, 0.05) is 59.8 Å². The monoisotopic (exact) mass is 743 g/mol. The summed E-state index contributed by atoms with van der Waals surface area (Å²) in [4.78, 5) is 48.2. The van der Waals surface area contributed by atoms with E-state index >= 15 is 0 Å². The molecule has 45 heavy (non-hydrogen) atoms. The number of hydrogen-bond acceptors (Lipinski definition) is 5. The summed E-state index contributed by atoms with van der Waals surface area (Å²) >= 11 is 7.09. The fourth-order valence-corrected chi connectivity index (χ4v) is 8.10. The Morgan fingerprint density at radius 2 is 1.51 bits per heavy atom. The first-order valence-electron chi connectivity index (χ1n) is 16.3. The number of carbonyl (C=O) groups excluding carboxylic acids is 3. The number of fused-ring (bicyclic) bond motifs is 1. The molecule has 2 aromatic carbocycles. The fourth-order valence-electron chi connectivity index (χ4n) is 7.43. The van der Waals surface area contributed by atoms with Crippen molar-refractivity contribution in [3.8, 4) is 0 Å². The van der Waals surface area contributed by atoms with Gasteiger partial charge < -0.3 is 29.7 Å². The van der Waals surface area contributed by atoms with Crippen LogP contribution < -0.4 is 5.32 Å². The Labute approximate surface area is 282 Å². The van der Waals surface area contributed by atoms with Crippen LogP contribution in [0, 0.1) is 11.8 Å². The summed E-state index contributed by atoms with van der Waals surface area (Å²) < 4.78 is 7.87. The molecule has 242 valence electrons. The van der Waals surface area contributed by atoms with Gasteiger partial charge in [-0.15, -0.1) is 0 Å². The molecular weight excluding hydrogens is 702 g/mol. The quantitative estimate of drug-likeness (QED) is 0.373. The Morgan fingerprint density at radius 1 is 0.867 bits per heavy atom. The molecule has 0 unspecified atom stereocenters. The summed E-state index contributed by atoms with van der Waals surface area (Å²) in [5.41, 5.74) is 2.88. The van der Waals surface area contributed by atoms with Crippen LogP contribution in [-0.4, -0.2) is 96.1 Å². The van der Waals surface area contributed by atoms with E-state index < -0.39 is 12.2 Å². The van der Waals surface area contributed by atoms with Crippen molar-refractivity contribution in [1.82, 2.24) is 19.6 Å². The number of amides is 4. The number of likely N-dealkylation sites (tertiary alicyclic amines) is 3. The molecule has 3 saturated heterocycles. The number of nitrogens with one attached hydrogen (secondary N) is 1. The zero-order valence-corrected chi connectivity index (χ0v) is 29.1. The number of piperidine rings is 3. The number of hydrogen-bond donors (Lipinski definition) is 1. The van der Waals surface area contributed by atoms with Crippen molar-refractivity contribution in [3.63, 3.8) is 0 Å². The van der Waals surface area contributed by atoms with Crippen molar-refractivity contribution >= 4 is 55.6 Å². The van der Waals surface area contributed by atoms with E-state index in [1.165, 1.54) is 12.8 Å². The highest BCUT2D eigenvalue weighted by Gasteiger charge is 2.37. The summed E-state index contributed by atoms with van der Waals surface area (Å²) in [6.45, 7) is 5.23. The SMILES string of the molecule is CN1CCC(C2CCN(C(=O)[C@@H](Cc3ccc(Br)c(Br)c3)OC(=O)N3CCC(N4Cc5ccccc5NC4=O)CC3)CC2)CC1. The van der Waals surface area contributed by atoms with Gasteiger partial charge in [-0.25, -0.2) is 9.59 Å². The van der Waals surface area contributed by atoms with Crippen molar-refractivity contribution in [2.75, 3.05) is 51.6 Å². The van der Waals surface area contributed by atoms with Gasteiger partial charge in [-0.2, -0.15) is 0 Å². The van der Waals surface area contributed by atoms with Gasteiger partial charge in [0.25, 0.3) is 5.91 Å². The Bertz CT molecular complexity index is 1380. The molecule has 4 aliphatic rings. The summed E-state index contributed by atoms with van der Waals surface area (Å²) in [5, 5.41) is 3.00. The topological polar surface area (TPSA) is 85.4 Å². The predicted octanol–water partition coefficient (Wildman–Crippen LogP) is 6.35. The lowest BCUT2D eigenvalue weighted by Gasteiger charge is -2.41. The predicted molar refractivity (Wildman–Crippen MR) is 181 cm³/mol. The first-order chi connectivity index (χ1) is 21.7. The third kappa shape index (κ3) is 7.68. The van der Waals surface area contributed by atoms with Crippen LogP contribution in [0.25, 0.3) is 0 Å². The van der Waals surface area contributed by atoms with E-state index in [4.69, 9.17) is 4.74 Å². The van der Waals surface area contributed by atoms with Gasteiger partial charge in [0.15, 0.2) is 6.10 Å². The molecule has 1 N–H and O–H groups in total. The first-order valence-corrected chi connectivity index (χ1v) is 17.9. The summed E-state index contributed by atoms with van der Waals surface area (Å²) in [6.07, 6.45) is 4.76. The molecule has 0 saturated carbocycles. The minimum atomic E-state index is -0.896. The van der Waals surface area contributed by atoms with Gasteiger partial charge in [0.1, 0.15) is 0 Å². The second kappa shape index (κ2) is 14.4. The Hall–Kier alpha value is -2.63. The molecule has 11 heteroatoms. The highest BCUT2D eigenvalue weighted by molar-refractivity contribution is 9.13. The van der Waals surface area contributed by atoms with Crippen molar-refractivity contribution in [2.24, 2.45) is 11.8 Å². The molecule has 4 heterocycles. The van der Waals surface area contributed by atoms with Crippen LogP contribution in [0.4, 0.5) is 15.3 Å². The molecule has 0 bridgehead atoms. The number of nitrogens with zero attached hydrogens (tertiary/aromatic N) is 4. The van der Waals surface area contributed by atoms with Gasteiger partial charge in [-0.05, 0) is 132 Å². The van der Waals surface area contributed by atoms with Crippen molar-refractivity contribution < 1.29 is 19.1 Å². The lowest BCUT2D eigenvalue weighted by Crippen LogP contribution is -2.52. The van der Waals surface area contributed by atoms with Gasteiger partial charge in [-0.1, -0.05) is 24.3 Å². The molecular formula is C34H43Br2N5O4. The van der Waals surface area contributed by atoms with Gasteiger partial charge in [-0.3, -0.25) is 4.79 Å². The minimum Gasteiger partial charge on any atom is -0.436 e. The minimum absolute atomic E-state index is 0.0332. The van der Waals surface area contributed by atoms with Crippen molar-refractivity contribution in [1.29, 1.82) is 0 Å². The van der Waals surface area contributed by atoms with Gasteiger partial charge in [0.2, 0.25) is 0 Å². The van der Waals surface area contributed by atoms with Crippen molar-refractivity contribution in [2.45, 2.75) is 63.6 Å². The number of anilines is 1. The molecule has 6 rings (SSSR count). The zero-order valence-electron chi connectivity index (χ0n) is 25.9. The zero-order chi connectivity index (χ0) is 31.5. The fraction of sp³-hybridized carbons (Fsp3) is 0.559. The van der Waals surface area contributed by atoms with Gasteiger partial charge >= 0.3 is 12.1 Å². The maximum atomic E-state index is 13.9. The van der Waals surface area contributed by atoms with E-state index in [1.54, 1.807) is 4.90 Å². The van der Waals surface area contributed by atoms with Crippen molar-refractivity contribution in [3.05, 3.63) is 62.5 Å². The molecule has 3 fully saturated rings. The molecule has 0 radical (unpaired) electrons. The molecule has 0 aromatic heterocycles. The lowest BCUT2D eigenvalue weighted by molar-refractivity contribution is -0.142. The number of ether oxygens (including phenoxy) is 1. The number of benzene rings is 2. The van der Waals surface area contributed by atoms with E-state index in [9.17, 15) is 14.4 Å². The Kier molecular flexibility index (Phi) is 10.4. The van der Waals surface area contributed by atoms with E-state index in [2.05, 4.69) is 49.1 Å². The molecule has 4 aliphatic heterocycles. The molecule has 4 amide bonds. The van der Waals surface area contributed by atoms with Gasteiger partial charge in [0.05, 0.1) is 0 Å².